The summed E-state index contributed by atoms with van der Waals surface area (Å²) >= 11 is 0. The number of hydrogen-bond donors (Lipinski definition) is 0. The Hall–Kier alpha value is -1.11. The Balaban J connectivity index is 2.42. The van der Waals surface area contributed by atoms with E-state index < -0.39 is 0 Å². The highest BCUT2D eigenvalue weighted by molar-refractivity contribution is 5.78. The fraction of sp³-hybridized carbons (Fsp3) is 0.462. The Morgan fingerprint density at radius 1 is 1.29 bits per heavy atom. The average molecular weight is 188 g/mol. The predicted octanol–water partition coefficient (Wildman–Crippen LogP) is 3.47. The Morgan fingerprint density at radius 2 is 2.00 bits per heavy atom. The van der Waals surface area contributed by atoms with Gasteiger partial charge in [0.05, 0.1) is 0 Å². The first-order valence-electron chi connectivity index (χ1n) is 5.37. The molecule has 0 N–H and O–H groups in total. The fourth-order valence-electron chi connectivity index (χ4n) is 2.58. The summed E-state index contributed by atoms with van der Waals surface area (Å²) < 4.78 is 0. The molecule has 0 bridgehead atoms. The average Bonchev–Trinajstić information content (AvgIpc) is 2.70. The molecule has 1 nitrogen and oxygen atoms in total. The van der Waals surface area contributed by atoms with Gasteiger partial charge in [0.2, 0.25) is 0 Å². The second-order valence-electron chi connectivity index (χ2n) is 4.18. The lowest BCUT2D eigenvalue weighted by molar-refractivity contribution is 0.112. The number of carbonyl (C=O) groups excluding carboxylic acids is 1. The molecular weight excluding hydrogens is 172 g/mol. The van der Waals surface area contributed by atoms with E-state index in [0.717, 1.165) is 11.8 Å². The van der Waals surface area contributed by atoms with Crippen molar-refractivity contribution in [2.75, 3.05) is 0 Å². The molecule has 0 spiro atoms. The van der Waals surface area contributed by atoms with Crippen LogP contribution in [0.25, 0.3) is 0 Å². The second kappa shape index (κ2) is 3.95. The maximum atomic E-state index is 10.9. The summed E-state index contributed by atoms with van der Waals surface area (Å²) in [5.41, 5.74) is 3.48. The Bertz CT molecular complexity index is 335. The molecule has 74 valence electrons. The van der Waals surface area contributed by atoms with E-state index in [-0.39, 0.29) is 0 Å². The SMILES string of the molecule is Cc1cccc(C=O)c1C1CCCC1. The van der Waals surface area contributed by atoms with Gasteiger partial charge in [-0.1, -0.05) is 31.0 Å². The second-order valence-corrected chi connectivity index (χ2v) is 4.18. The number of aryl methyl sites for hydroxylation is 1. The number of carbonyl (C=O) groups is 1. The molecule has 0 saturated heterocycles. The van der Waals surface area contributed by atoms with Crippen molar-refractivity contribution in [2.45, 2.75) is 38.5 Å². The van der Waals surface area contributed by atoms with Gasteiger partial charge in [-0.15, -0.1) is 0 Å². The van der Waals surface area contributed by atoms with Gasteiger partial charge in [0.1, 0.15) is 6.29 Å². The summed E-state index contributed by atoms with van der Waals surface area (Å²) in [6, 6.07) is 6.02. The maximum absolute atomic E-state index is 10.9. The fourth-order valence-corrected chi connectivity index (χ4v) is 2.58. The first kappa shape index (κ1) is 9.45. The molecule has 0 heterocycles. The number of rotatable bonds is 2. The van der Waals surface area contributed by atoms with Crippen LogP contribution in [0.3, 0.4) is 0 Å². The highest BCUT2D eigenvalue weighted by Crippen LogP contribution is 2.36. The van der Waals surface area contributed by atoms with Crippen molar-refractivity contribution in [3.05, 3.63) is 34.9 Å². The van der Waals surface area contributed by atoms with Gasteiger partial charge in [-0.05, 0) is 36.8 Å². The highest BCUT2D eigenvalue weighted by Gasteiger charge is 2.20. The van der Waals surface area contributed by atoms with Crippen LogP contribution in [0.2, 0.25) is 0 Å². The van der Waals surface area contributed by atoms with E-state index in [1.807, 2.05) is 12.1 Å². The lowest BCUT2D eigenvalue weighted by Crippen LogP contribution is -2.01. The van der Waals surface area contributed by atoms with E-state index in [1.54, 1.807) is 0 Å². The van der Waals surface area contributed by atoms with Crippen LogP contribution in [0.15, 0.2) is 18.2 Å². The van der Waals surface area contributed by atoms with E-state index >= 15 is 0 Å². The van der Waals surface area contributed by atoms with Gasteiger partial charge in [-0.25, -0.2) is 0 Å². The van der Waals surface area contributed by atoms with Crippen LogP contribution in [-0.4, -0.2) is 6.29 Å². The molecular formula is C13H16O. The third-order valence-corrected chi connectivity index (χ3v) is 3.25. The summed E-state index contributed by atoms with van der Waals surface area (Å²) in [4.78, 5) is 10.9. The first-order valence-corrected chi connectivity index (χ1v) is 5.37. The van der Waals surface area contributed by atoms with Crippen LogP contribution in [0.5, 0.6) is 0 Å². The maximum Gasteiger partial charge on any atom is 0.150 e. The molecule has 14 heavy (non-hydrogen) atoms. The monoisotopic (exact) mass is 188 g/mol. The summed E-state index contributed by atoms with van der Waals surface area (Å²) in [6.07, 6.45) is 6.15. The van der Waals surface area contributed by atoms with Crippen molar-refractivity contribution in [3.63, 3.8) is 0 Å². The first-order chi connectivity index (χ1) is 6.83. The highest BCUT2D eigenvalue weighted by atomic mass is 16.1. The predicted molar refractivity (Wildman–Crippen MR) is 57.8 cm³/mol. The van der Waals surface area contributed by atoms with Crippen molar-refractivity contribution in [1.29, 1.82) is 0 Å². The molecule has 1 aliphatic rings. The molecule has 1 aromatic rings. The lowest BCUT2D eigenvalue weighted by atomic mass is 9.89. The third-order valence-electron chi connectivity index (χ3n) is 3.25. The summed E-state index contributed by atoms with van der Waals surface area (Å²) in [6.45, 7) is 2.11. The van der Waals surface area contributed by atoms with E-state index in [2.05, 4.69) is 13.0 Å². The van der Waals surface area contributed by atoms with E-state index in [0.29, 0.717) is 5.92 Å². The molecule has 0 unspecified atom stereocenters. The largest absolute Gasteiger partial charge is 0.298 e. The molecule has 0 aliphatic heterocycles. The normalized spacial score (nSPS) is 17.2. The number of benzene rings is 1. The van der Waals surface area contributed by atoms with Crippen molar-refractivity contribution in [3.8, 4) is 0 Å². The molecule has 1 aliphatic carbocycles. The number of aldehydes is 1. The Morgan fingerprint density at radius 3 is 2.64 bits per heavy atom. The zero-order valence-electron chi connectivity index (χ0n) is 8.62. The van der Waals surface area contributed by atoms with Crippen molar-refractivity contribution < 1.29 is 4.79 Å². The minimum Gasteiger partial charge on any atom is -0.298 e. The topological polar surface area (TPSA) is 17.1 Å². The minimum absolute atomic E-state index is 0.636. The molecule has 0 amide bonds. The zero-order chi connectivity index (χ0) is 9.97. The number of hydrogen-bond acceptors (Lipinski definition) is 1. The Labute approximate surface area is 85.1 Å². The van der Waals surface area contributed by atoms with Gasteiger partial charge in [-0.2, -0.15) is 0 Å². The molecule has 1 aromatic carbocycles. The van der Waals surface area contributed by atoms with Crippen molar-refractivity contribution in [1.82, 2.24) is 0 Å². The molecule has 0 radical (unpaired) electrons. The third kappa shape index (κ3) is 1.59. The molecule has 1 saturated carbocycles. The van der Waals surface area contributed by atoms with Gasteiger partial charge in [-0.3, -0.25) is 4.79 Å². The minimum atomic E-state index is 0.636. The van der Waals surface area contributed by atoms with Crippen LogP contribution in [0.1, 0.15) is 53.1 Å². The molecule has 1 fully saturated rings. The van der Waals surface area contributed by atoms with Crippen molar-refractivity contribution >= 4 is 6.29 Å². The summed E-state index contributed by atoms with van der Waals surface area (Å²) in [7, 11) is 0. The van der Waals surface area contributed by atoms with Gasteiger partial charge < -0.3 is 0 Å². The van der Waals surface area contributed by atoms with Crippen LogP contribution in [-0.2, 0) is 0 Å². The van der Waals surface area contributed by atoms with E-state index in [9.17, 15) is 4.79 Å². The smallest absolute Gasteiger partial charge is 0.150 e. The van der Waals surface area contributed by atoms with Gasteiger partial charge >= 0.3 is 0 Å². The molecule has 2 rings (SSSR count). The molecule has 0 atom stereocenters. The standard InChI is InChI=1S/C13H16O/c1-10-5-4-8-12(9-14)13(10)11-6-2-3-7-11/h4-5,8-9,11H,2-3,6-7H2,1H3. The van der Waals surface area contributed by atoms with Crippen LogP contribution in [0, 0.1) is 6.92 Å². The van der Waals surface area contributed by atoms with Crippen molar-refractivity contribution in [2.24, 2.45) is 0 Å². The van der Waals surface area contributed by atoms with Crippen LogP contribution >= 0.6 is 0 Å². The molecule has 0 aromatic heterocycles. The van der Waals surface area contributed by atoms with Gasteiger partial charge in [0, 0.05) is 5.56 Å². The van der Waals surface area contributed by atoms with Gasteiger partial charge in [0.15, 0.2) is 0 Å². The van der Waals surface area contributed by atoms with E-state index in [4.69, 9.17) is 0 Å². The lowest BCUT2D eigenvalue weighted by Gasteiger charge is -2.15. The van der Waals surface area contributed by atoms with Crippen LogP contribution < -0.4 is 0 Å². The molecule has 1 heteroatoms. The van der Waals surface area contributed by atoms with E-state index in [1.165, 1.54) is 36.8 Å². The quantitative estimate of drug-likeness (QED) is 0.649. The summed E-state index contributed by atoms with van der Waals surface area (Å²) in [5.74, 6) is 0.636. The van der Waals surface area contributed by atoms with Crippen LogP contribution in [0.4, 0.5) is 0 Å². The van der Waals surface area contributed by atoms with Gasteiger partial charge in [0.25, 0.3) is 0 Å². The Kier molecular flexibility index (Phi) is 2.67. The zero-order valence-corrected chi connectivity index (χ0v) is 8.62. The summed E-state index contributed by atoms with van der Waals surface area (Å²) in [5, 5.41) is 0.